The Kier molecular flexibility index (Phi) is 3.79. The molecule has 0 aliphatic heterocycles. The van der Waals surface area contributed by atoms with Crippen LogP contribution in [0.15, 0.2) is 24.3 Å². The van der Waals surface area contributed by atoms with E-state index in [1.54, 1.807) is 0 Å². The van der Waals surface area contributed by atoms with E-state index in [-0.39, 0.29) is 17.9 Å². The van der Waals surface area contributed by atoms with Crippen LogP contribution in [0, 0.1) is 11.8 Å². The van der Waals surface area contributed by atoms with Gasteiger partial charge in [0.15, 0.2) is 0 Å². The molecule has 1 saturated carbocycles. The van der Waals surface area contributed by atoms with Gasteiger partial charge in [-0.1, -0.05) is 31.2 Å². The summed E-state index contributed by atoms with van der Waals surface area (Å²) >= 11 is 0. The van der Waals surface area contributed by atoms with Crippen LogP contribution in [0.5, 0.6) is 0 Å². The molecule has 3 N–H and O–H groups in total. The number of nitrogens with two attached hydrogens (primary N) is 1. The molecule has 0 saturated heterocycles. The van der Waals surface area contributed by atoms with E-state index in [1.807, 2.05) is 0 Å². The lowest BCUT2D eigenvalue weighted by Gasteiger charge is -2.16. The summed E-state index contributed by atoms with van der Waals surface area (Å²) in [4.78, 5) is 12.5. The van der Waals surface area contributed by atoms with Crippen molar-refractivity contribution in [3.63, 3.8) is 0 Å². The summed E-state index contributed by atoms with van der Waals surface area (Å²) in [7, 11) is 0. The molecule has 1 fully saturated rings. The van der Waals surface area contributed by atoms with Crippen molar-refractivity contribution < 1.29 is 4.79 Å². The number of carbonyl (C=O) groups excluding carboxylic acids is 1. The predicted octanol–water partition coefficient (Wildman–Crippen LogP) is 2.21. The van der Waals surface area contributed by atoms with E-state index in [4.69, 9.17) is 5.73 Å². The van der Waals surface area contributed by atoms with E-state index in [1.165, 1.54) is 11.1 Å². The first kappa shape index (κ1) is 13.6. The highest BCUT2D eigenvalue weighted by Crippen LogP contribution is 2.59. The molecule has 0 radical (unpaired) electrons. The summed E-state index contributed by atoms with van der Waals surface area (Å²) in [5.41, 5.74) is 8.46. The SMILES string of the molecule is CCC(CCN)NC(=O)C1C2CCc3ccccc3C21. The van der Waals surface area contributed by atoms with Gasteiger partial charge >= 0.3 is 0 Å². The van der Waals surface area contributed by atoms with Crippen molar-refractivity contribution in [3.8, 4) is 0 Å². The van der Waals surface area contributed by atoms with E-state index in [2.05, 4.69) is 36.5 Å². The lowest BCUT2D eigenvalue weighted by molar-refractivity contribution is -0.123. The lowest BCUT2D eigenvalue weighted by atomic mass is 9.92. The Balaban J connectivity index is 1.68. The van der Waals surface area contributed by atoms with Gasteiger partial charge in [0.05, 0.1) is 0 Å². The number of fused-ring (bicyclic) bond motifs is 3. The first-order valence-electron chi connectivity index (χ1n) is 7.84. The van der Waals surface area contributed by atoms with E-state index in [9.17, 15) is 4.79 Å². The fraction of sp³-hybridized carbons (Fsp3) is 0.588. The Morgan fingerprint density at radius 2 is 2.25 bits per heavy atom. The number of benzene rings is 1. The molecule has 108 valence electrons. The van der Waals surface area contributed by atoms with Gasteiger partial charge in [-0.15, -0.1) is 0 Å². The zero-order valence-electron chi connectivity index (χ0n) is 12.1. The summed E-state index contributed by atoms with van der Waals surface area (Å²) in [6.45, 7) is 2.75. The second-order valence-electron chi connectivity index (χ2n) is 6.14. The zero-order chi connectivity index (χ0) is 14.1. The molecule has 2 aliphatic rings. The monoisotopic (exact) mass is 272 g/mol. The molecule has 0 heterocycles. The first-order chi connectivity index (χ1) is 9.76. The molecule has 1 aromatic carbocycles. The van der Waals surface area contributed by atoms with Gasteiger partial charge in [-0.3, -0.25) is 4.79 Å². The average molecular weight is 272 g/mol. The normalized spacial score (nSPS) is 28.2. The van der Waals surface area contributed by atoms with Crippen LogP contribution in [0.1, 0.15) is 43.2 Å². The Hall–Kier alpha value is -1.35. The zero-order valence-corrected chi connectivity index (χ0v) is 12.1. The second-order valence-corrected chi connectivity index (χ2v) is 6.14. The van der Waals surface area contributed by atoms with Crippen LogP contribution in [-0.2, 0) is 11.2 Å². The molecule has 2 aliphatic carbocycles. The molecule has 0 spiro atoms. The van der Waals surface area contributed by atoms with Crippen LogP contribution in [0.4, 0.5) is 0 Å². The maximum absolute atomic E-state index is 12.5. The Bertz CT molecular complexity index is 500. The third-order valence-corrected chi connectivity index (χ3v) is 4.99. The van der Waals surface area contributed by atoms with Crippen molar-refractivity contribution in [2.75, 3.05) is 6.54 Å². The molecule has 1 aromatic rings. The number of rotatable bonds is 5. The highest BCUT2D eigenvalue weighted by molar-refractivity contribution is 5.84. The van der Waals surface area contributed by atoms with Gasteiger partial charge in [0, 0.05) is 12.0 Å². The fourth-order valence-electron chi connectivity index (χ4n) is 3.80. The minimum absolute atomic E-state index is 0.200. The van der Waals surface area contributed by atoms with Crippen molar-refractivity contribution in [2.45, 2.75) is 44.6 Å². The summed E-state index contributed by atoms with van der Waals surface area (Å²) in [5, 5.41) is 3.20. The highest BCUT2D eigenvalue weighted by atomic mass is 16.2. The van der Waals surface area contributed by atoms with E-state index >= 15 is 0 Å². The Labute approximate surface area is 120 Å². The molecule has 4 unspecified atom stereocenters. The Morgan fingerprint density at radius 3 is 3.00 bits per heavy atom. The number of hydrogen-bond acceptors (Lipinski definition) is 2. The maximum Gasteiger partial charge on any atom is 0.224 e. The highest BCUT2D eigenvalue weighted by Gasteiger charge is 2.56. The summed E-state index contributed by atoms with van der Waals surface area (Å²) in [5.74, 6) is 1.48. The fourth-order valence-corrected chi connectivity index (χ4v) is 3.80. The molecule has 0 aromatic heterocycles. The van der Waals surface area contributed by atoms with Gasteiger partial charge in [-0.2, -0.15) is 0 Å². The van der Waals surface area contributed by atoms with Gasteiger partial charge in [0.25, 0.3) is 0 Å². The molecule has 1 amide bonds. The topological polar surface area (TPSA) is 55.1 Å². The van der Waals surface area contributed by atoms with Crippen LogP contribution in [-0.4, -0.2) is 18.5 Å². The average Bonchev–Trinajstić information content (AvgIpc) is 3.21. The van der Waals surface area contributed by atoms with Gasteiger partial charge in [0.1, 0.15) is 0 Å². The standard InChI is InChI=1S/C17H24N2O/c1-2-12(9-10-18)19-17(20)16-14-8-7-11-5-3-4-6-13(11)15(14)16/h3-6,12,14-16H,2,7-10,18H2,1H3,(H,19,20). The third kappa shape index (κ3) is 2.35. The van der Waals surface area contributed by atoms with Crippen LogP contribution in [0.3, 0.4) is 0 Å². The number of amides is 1. The van der Waals surface area contributed by atoms with Crippen molar-refractivity contribution in [1.29, 1.82) is 0 Å². The summed E-state index contributed by atoms with van der Waals surface area (Å²) in [6, 6.07) is 8.85. The smallest absolute Gasteiger partial charge is 0.224 e. The number of nitrogens with one attached hydrogen (secondary N) is 1. The molecule has 3 nitrogen and oxygen atoms in total. The maximum atomic E-state index is 12.5. The quantitative estimate of drug-likeness (QED) is 0.863. The number of carbonyl (C=O) groups is 1. The van der Waals surface area contributed by atoms with Gasteiger partial charge < -0.3 is 11.1 Å². The van der Waals surface area contributed by atoms with Crippen molar-refractivity contribution in [1.82, 2.24) is 5.32 Å². The molecule has 4 atom stereocenters. The summed E-state index contributed by atoms with van der Waals surface area (Å²) < 4.78 is 0. The van der Waals surface area contributed by atoms with Gasteiger partial charge in [-0.25, -0.2) is 0 Å². The van der Waals surface area contributed by atoms with E-state index < -0.39 is 0 Å². The van der Waals surface area contributed by atoms with Crippen LogP contribution in [0.2, 0.25) is 0 Å². The van der Waals surface area contributed by atoms with Crippen molar-refractivity contribution in [3.05, 3.63) is 35.4 Å². The van der Waals surface area contributed by atoms with Crippen LogP contribution >= 0.6 is 0 Å². The second kappa shape index (κ2) is 5.57. The molecule has 3 heteroatoms. The van der Waals surface area contributed by atoms with Gasteiger partial charge in [0.2, 0.25) is 5.91 Å². The molecular weight excluding hydrogens is 248 g/mol. The minimum atomic E-state index is 0.200. The molecular formula is C17H24N2O. The third-order valence-electron chi connectivity index (χ3n) is 4.99. The molecule has 0 bridgehead atoms. The molecule has 20 heavy (non-hydrogen) atoms. The largest absolute Gasteiger partial charge is 0.353 e. The van der Waals surface area contributed by atoms with Crippen LogP contribution in [0.25, 0.3) is 0 Å². The van der Waals surface area contributed by atoms with Crippen molar-refractivity contribution in [2.24, 2.45) is 17.6 Å². The summed E-state index contributed by atoms with van der Waals surface area (Å²) in [6.07, 6.45) is 4.12. The predicted molar refractivity (Wildman–Crippen MR) is 80.4 cm³/mol. The number of aryl methyl sites for hydroxylation is 1. The van der Waals surface area contributed by atoms with Crippen LogP contribution < -0.4 is 11.1 Å². The van der Waals surface area contributed by atoms with E-state index in [0.717, 1.165) is 25.7 Å². The molecule has 3 rings (SSSR count). The van der Waals surface area contributed by atoms with Gasteiger partial charge in [-0.05, 0) is 55.2 Å². The lowest BCUT2D eigenvalue weighted by Crippen LogP contribution is -2.37. The van der Waals surface area contributed by atoms with Crippen molar-refractivity contribution >= 4 is 5.91 Å². The number of hydrogen-bond donors (Lipinski definition) is 2. The van der Waals surface area contributed by atoms with E-state index in [0.29, 0.717) is 18.4 Å². The first-order valence-corrected chi connectivity index (χ1v) is 7.84. The minimum Gasteiger partial charge on any atom is -0.353 e. The Morgan fingerprint density at radius 1 is 1.45 bits per heavy atom.